The molecule has 0 saturated carbocycles. The molecule has 0 radical (unpaired) electrons. The Morgan fingerprint density at radius 3 is 2.11 bits per heavy atom. The molecule has 0 N–H and O–H groups in total. The van der Waals surface area contributed by atoms with Gasteiger partial charge in [0.05, 0.1) is 0 Å². The third-order valence-electron chi connectivity index (χ3n) is 4.22. The number of hydrogen-bond donors (Lipinski definition) is 0. The second-order valence-corrected chi connectivity index (χ2v) is 5.87. The van der Waals surface area contributed by atoms with E-state index in [0.717, 1.165) is 12.8 Å². The predicted octanol–water partition coefficient (Wildman–Crippen LogP) is 5.60. The average molecular weight is 252 g/mol. The highest BCUT2D eigenvalue weighted by atomic mass is 14.2. The molecule has 0 nitrogen and oxygen atoms in total. The normalized spacial score (nSPS) is 11.6. The van der Waals surface area contributed by atoms with Crippen molar-refractivity contribution >= 4 is 0 Å². The molecule has 0 spiro atoms. The van der Waals surface area contributed by atoms with Crippen LogP contribution in [-0.4, -0.2) is 0 Å². The van der Waals surface area contributed by atoms with Crippen molar-refractivity contribution in [2.24, 2.45) is 0 Å². The molecule has 2 rings (SSSR count). The standard InChI is InChI=1S/C19H24/c1-5-15-8-7-9-17(14-15)16-10-12-18(13-11-16)19(3,4)6-2/h7-14H,5-6H2,1-4H3. The zero-order valence-corrected chi connectivity index (χ0v) is 12.5. The van der Waals surface area contributed by atoms with E-state index in [2.05, 4.69) is 76.2 Å². The molecule has 2 aromatic rings. The van der Waals surface area contributed by atoms with Gasteiger partial charge in [0.15, 0.2) is 0 Å². The molecule has 2 aromatic carbocycles. The fourth-order valence-electron chi connectivity index (χ4n) is 2.29. The molecule has 0 aliphatic heterocycles. The highest BCUT2D eigenvalue weighted by Gasteiger charge is 2.17. The number of hydrogen-bond acceptors (Lipinski definition) is 0. The maximum Gasteiger partial charge on any atom is -0.0106 e. The molecule has 0 bridgehead atoms. The topological polar surface area (TPSA) is 0 Å². The molecule has 0 fully saturated rings. The second-order valence-electron chi connectivity index (χ2n) is 5.87. The minimum absolute atomic E-state index is 0.268. The maximum absolute atomic E-state index is 2.31. The van der Waals surface area contributed by atoms with Crippen molar-refractivity contribution in [1.82, 2.24) is 0 Å². The Labute approximate surface area is 117 Å². The predicted molar refractivity (Wildman–Crippen MR) is 84.6 cm³/mol. The van der Waals surface area contributed by atoms with E-state index < -0.39 is 0 Å². The summed E-state index contributed by atoms with van der Waals surface area (Å²) in [4.78, 5) is 0. The largest absolute Gasteiger partial charge is 0.0646 e. The molecule has 0 heteroatoms. The SMILES string of the molecule is CCc1cccc(-c2ccc(C(C)(C)CC)cc2)c1. The lowest BCUT2D eigenvalue weighted by Gasteiger charge is -2.23. The van der Waals surface area contributed by atoms with Crippen LogP contribution in [0.25, 0.3) is 11.1 Å². The van der Waals surface area contributed by atoms with Gasteiger partial charge < -0.3 is 0 Å². The molecule has 0 saturated heterocycles. The van der Waals surface area contributed by atoms with E-state index in [1.54, 1.807) is 0 Å². The summed E-state index contributed by atoms with van der Waals surface area (Å²) in [6.07, 6.45) is 2.26. The first-order valence-electron chi connectivity index (χ1n) is 7.26. The molecule has 19 heavy (non-hydrogen) atoms. The molecule has 0 amide bonds. The molecule has 0 aromatic heterocycles. The summed E-state index contributed by atoms with van der Waals surface area (Å²) in [5, 5.41) is 0. The second kappa shape index (κ2) is 5.61. The van der Waals surface area contributed by atoms with Crippen molar-refractivity contribution in [1.29, 1.82) is 0 Å². The molecular formula is C19H24. The van der Waals surface area contributed by atoms with Gasteiger partial charge in [0.1, 0.15) is 0 Å². The summed E-state index contributed by atoms with van der Waals surface area (Å²) >= 11 is 0. The van der Waals surface area contributed by atoms with E-state index in [0.29, 0.717) is 0 Å². The monoisotopic (exact) mass is 252 g/mol. The first kappa shape index (κ1) is 13.9. The Kier molecular flexibility index (Phi) is 4.09. The van der Waals surface area contributed by atoms with Crippen molar-refractivity contribution in [3.8, 4) is 11.1 Å². The fourth-order valence-corrected chi connectivity index (χ4v) is 2.29. The van der Waals surface area contributed by atoms with Gasteiger partial charge in [0.25, 0.3) is 0 Å². The van der Waals surface area contributed by atoms with E-state index in [-0.39, 0.29) is 5.41 Å². The molecule has 0 heterocycles. The van der Waals surface area contributed by atoms with E-state index in [9.17, 15) is 0 Å². The quantitative estimate of drug-likeness (QED) is 0.664. The van der Waals surface area contributed by atoms with Crippen LogP contribution in [0.3, 0.4) is 0 Å². The summed E-state index contributed by atoms with van der Waals surface area (Å²) in [5.41, 5.74) is 5.72. The van der Waals surface area contributed by atoms with Gasteiger partial charge in [-0.1, -0.05) is 76.2 Å². The lowest BCUT2D eigenvalue weighted by atomic mass is 9.82. The highest BCUT2D eigenvalue weighted by molar-refractivity contribution is 5.64. The van der Waals surface area contributed by atoms with E-state index in [1.165, 1.54) is 22.3 Å². The van der Waals surface area contributed by atoms with Crippen LogP contribution in [-0.2, 0) is 11.8 Å². The van der Waals surface area contributed by atoms with Gasteiger partial charge in [-0.25, -0.2) is 0 Å². The van der Waals surface area contributed by atoms with Gasteiger partial charge in [0.2, 0.25) is 0 Å². The highest BCUT2D eigenvalue weighted by Crippen LogP contribution is 2.29. The summed E-state index contributed by atoms with van der Waals surface area (Å²) < 4.78 is 0. The van der Waals surface area contributed by atoms with Crippen LogP contribution in [0, 0.1) is 0 Å². The maximum atomic E-state index is 2.31. The Morgan fingerprint density at radius 2 is 1.53 bits per heavy atom. The Morgan fingerprint density at radius 1 is 0.842 bits per heavy atom. The van der Waals surface area contributed by atoms with E-state index in [1.807, 2.05) is 0 Å². The van der Waals surface area contributed by atoms with Crippen molar-refractivity contribution in [3.05, 3.63) is 59.7 Å². The van der Waals surface area contributed by atoms with Gasteiger partial charge in [-0.3, -0.25) is 0 Å². The first-order valence-corrected chi connectivity index (χ1v) is 7.26. The Balaban J connectivity index is 2.32. The molecule has 100 valence electrons. The zero-order chi connectivity index (χ0) is 13.9. The van der Waals surface area contributed by atoms with Crippen LogP contribution >= 0.6 is 0 Å². The number of aryl methyl sites for hydroxylation is 1. The summed E-state index contributed by atoms with van der Waals surface area (Å²) in [5.74, 6) is 0. The van der Waals surface area contributed by atoms with Crippen molar-refractivity contribution in [3.63, 3.8) is 0 Å². The minimum Gasteiger partial charge on any atom is -0.0646 e. The van der Waals surface area contributed by atoms with Gasteiger partial charge in [-0.2, -0.15) is 0 Å². The fraction of sp³-hybridized carbons (Fsp3) is 0.368. The number of benzene rings is 2. The van der Waals surface area contributed by atoms with Crippen molar-refractivity contribution < 1.29 is 0 Å². The van der Waals surface area contributed by atoms with E-state index >= 15 is 0 Å². The summed E-state index contributed by atoms with van der Waals surface area (Å²) in [6, 6.07) is 17.9. The van der Waals surface area contributed by atoms with Crippen LogP contribution in [0.15, 0.2) is 48.5 Å². The lowest BCUT2D eigenvalue weighted by molar-refractivity contribution is 0.506. The Bertz CT molecular complexity index is 532. The van der Waals surface area contributed by atoms with Gasteiger partial charge in [0, 0.05) is 0 Å². The van der Waals surface area contributed by atoms with Crippen LogP contribution in [0.5, 0.6) is 0 Å². The molecule has 0 atom stereocenters. The zero-order valence-electron chi connectivity index (χ0n) is 12.5. The lowest BCUT2D eigenvalue weighted by Crippen LogP contribution is -2.14. The molecule has 0 aliphatic rings. The van der Waals surface area contributed by atoms with E-state index in [4.69, 9.17) is 0 Å². The van der Waals surface area contributed by atoms with Gasteiger partial charge >= 0.3 is 0 Å². The minimum atomic E-state index is 0.268. The third kappa shape index (κ3) is 3.07. The van der Waals surface area contributed by atoms with Crippen LogP contribution < -0.4 is 0 Å². The van der Waals surface area contributed by atoms with Crippen molar-refractivity contribution in [2.75, 3.05) is 0 Å². The van der Waals surface area contributed by atoms with Gasteiger partial charge in [-0.15, -0.1) is 0 Å². The van der Waals surface area contributed by atoms with Crippen LogP contribution in [0.1, 0.15) is 45.2 Å². The first-order chi connectivity index (χ1) is 9.06. The van der Waals surface area contributed by atoms with Crippen molar-refractivity contribution in [2.45, 2.75) is 46.0 Å². The van der Waals surface area contributed by atoms with Crippen LogP contribution in [0.2, 0.25) is 0 Å². The average Bonchev–Trinajstić information content (AvgIpc) is 2.47. The Hall–Kier alpha value is -1.56. The van der Waals surface area contributed by atoms with Gasteiger partial charge in [-0.05, 0) is 40.5 Å². The number of rotatable bonds is 4. The summed E-state index contributed by atoms with van der Waals surface area (Å²) in [7, 11) is 0. The molecule has 0 aliphatic carbocycles. The third-order valence-corrected chi connectivity index (χ3v) is 4.22. The molecule has 0 unspecified atom stereocenters. The smallest absolute Gasteiger partial charge is 0.0106 e. The summed E-state index contributed by atoms with van der Waals surface area (Å²) in [6.45, 7) is 9.06. The molecular weight excluding hydrogens is 228 g/mol. The van der Waals surface area contributed by atoms with Crippen LogP contribution in [0.4, 0.5) is 0 Å².